The van der Waals surface area contributed by atoms with Crippen LogP contribution in [0, 0.1) is 6.92 Å². The van der Waals surface area contributed by atoms with Crippen LogP contribution >= 0.6 is 38.6 Å². The maximum absolute atomic E-state index is 12.2. The van der Waals surface area contributed by atoms with Gasteiger partial charge >= 0.3 is 0 Å². The Bertz CT molecular complexity index is 615. The van der Waals surface area contributed by atoms with Gasteiger partial charge in [-0.1, -0.05) is 0 Å². The molecule has 0 aliphatic rings. The molecule has 0 radical (unpaired) electrons. The second kappa shape index (κ2) is 5.38. The number of aryl methyl sites for hydroxylation is 1. The number of sulfonamides is 1. The fraction of sp³-hybridized carbons (Fsp3) is 0.300. The van der Waals surface area contributed by atoms with Crippen molar-refractivity contribution in [2.24, 2.45) is 0 Å². The molecular formula is C10H11BrN2O2S3. The topological polar surface area (TPSA) is 59.1 Å². The second-order valence-electron chi connectivity index (χ2n) is 3.74. The molecule has 0 saturated carbocycles. The number of halogens is 1. The van der Waals surface area contributed by atoms with Crippen molar-refractivity contribution < 1.29 is 8.42 Å². The van der Waals surface area contributed by atoms with Gasteiger partial charge in [0.25, 0.3) is 10.0 Å². The average Bonchev–Trinajstić information content (AvgIpc) is 2.89. The van der Waals surface area contributed by atoms with E-state index in [0.717, 1.165) is 14.4 Å². The molecule has 18 heavy (non-hydrogen) atoms. The Morgan fingerprint density at radius 1 is 1.50 bits per heavy atom. The summed E-state index contributed by atoms with van der Waals surface area (Å²) < 4.78 is 28.1. The van der Waals surface area contributed by atoms with Crippen molar-refractivity contribution in [2.45, 2.75) is 24.1 Å². The molecule has 1 unspecified atom stereocenters. The molecule has 2 heterocycles. The summed E-state index contributed by atoms with van der Waals surface area (Å²) in [6.07, 6.45) is 1.66. The standard InChI is InChI=1S/C10H11BrN2O2S3/c1-6-5-8(17-9(6)11)18(14,15)13-7(2)10-12-3-4-16-10/h3-5,7,13H,1-2H3. The van der Waals surface area contributed by atoms with Crippen molar-refractivity contribution in [3.8, 4) is 0 Å². The molecule has 2 rings (SSSR count). The lowest BCUT2D eigenvalue weighted by atomic mass is 10.4. The molecule has 8 heteroatoms. The lowest BCUT2D eigenvalue weighted by Crippen LogP contribution is -2.26. The Morgan fingerprint density at radius 3 is 2.72 bits per heavy atom. The molecule has 0 spiro atoms. The Balaban J connectivity index is 2.22. The number of nitrogens with zero attached hydrogens (tertiary/aromatic N) is 1. The van der Waals surface area contributed by atoms with Crippen LogP contribution in [-0.2, 0) is 10.0 Å². The van der Waals surface area contributed by atoms with Crippen molar-refractivity contribution >= 4 is 48.6 Å². The van der Waals surface area contributed by atoms with Gasteiger partial charge in [0.2, 0.25) is 0 Å². The molecule has 0 saturated heterocycles. The van der Waals surface area contributed by atoms with Gasteiger partial charge in [-0.25, -0.2) is 18.1 Å². The van der Waals surface area contributed by atoms with Crippen LogP contribution in [-0.4, -0.2) is 13.4 Å². The molecule has 98 valence electrons. The quantitative estimate of drug-likeness (QED) is 0.902. The highest BCUT2D eigenvalue weighted by atomic mass is 79.9. The summed E-state index contributed by atoms with van der Waals surface area (Å²) in [5.74, 6) is 0. The molecule has 0 bridgehead atoms. The van der Waals surface area contributed by atoms with E-state index in [1.165, 1.54) is 22.7 Å². The Kier molecular flexibility index (Phi) is 4.22. The van der Waals surface area contributed by atoms with E-state index in [1.807, 2.05) is 12.3 Å². The minimum Gasteiger partial charge on any atom is -0.248 e. The summed E-state index contributed by atoms with van der Waals surface area (Å²) in [5, 5.41) is 2.58. The van der Waals surface area contributed by atoms with E-state index in [-0.39, 0.29) is 6.04 Å². The van der Waals surface area contributed by atoms with E-state index in [2.05, 4.69) is 25.6 Å². The van der Waals surface area contributed by atoms with Crippen LogP contribution in [0.4, 0.5) is 0 Å². The molecule has 0 aliphatic heterocycles. The Labute approximate surface area is 122 Å². The van der Waals surface area contributed by atoms with Crippen LogP contribution in [0.25, 0.3) is 0 Å². The third-order valence-corrected chi connectivity index (χ3v) is 7.36. The molecule has 0 amide bonds. The lowest BCUT2D eigenvalue weighted by Gasteiger charge is -2.10. The fourth-order valence-corrected chi connectivity index (χ4v) is 5.52. The van der Waals surface area contributed by atoms with Crippen molar-refractivity contribution in [2.75, 3.05) is 0 Å². The molecule has 0 aliphatic carbocycles. The van der Waals surface area contributed by atoms with Crippen LogP contribution in [0.2, 0.25) is 0 Å². The first-order valence-electron chi connectivity index (χ1n) is 5.08. The third kappa shape index (κ3) is 3.00. The normalized spacial score (nSPS) is 13.7. The van der Waals surface area contributed by atoms with Gasteiger partial charge in [0.15, 0.2) is 0 Å². The number of aromatic nitrogens is 1. The first kappa shape index (κ1) is 14.1. The molecule has 0 aromatic carbocycles. The highest BCUT2D eigenvalue weighted by Gasteiger charge is 2.22. The van der Waals surface area contributed by atoms with Gasteiger partial charge in [0, 0.05) is 11.6 Å². The van der Waals surface area contributed by atoms with Gasteiger partial charge in [0.05, 0.1) is 9.83 Å². The van der Waals surface area contributed by atoms with Crippen molar-refractivity contribution in [3.63, 3.8) is 0 Å². The van der Waals surface area contributed by atoms with E-state index >= 15 is 0 Å². The van der Waals surface area contributed by atoms with Crippen LogP contribution < -0.4 is 4.72 Å². The number of hydrogen-bond donors (Lipinski definition) is 1. The van der Waals surface area contributed by atoms with Crippen LogP contribution in [0.15, 0.2) is 25.6 Å². The maximum atomic E-state index is 12.2. The summed E-state index contributed by atoms with van der Waals surface area (Å²) >= 11 is 5.97. The summed E-state index contributed by atoms with van der Waals surface area (Å²) in [6, 6.07) is 1.34. The predicted octanol–water partition coefficient (Wildman–Crippen LogP) is 3.32. The number of thiophene rings is 1. The minimum absolute atomic E-state index is 0.315. The summed E-state index contributed by atoms with van der Waals surface area (Å²) in [4.78, 5) is 4.10. The molecule has 4 nitrogen and oxygen atoms in total. The highest BCUT2D eigenvalue weighted by molar-refractivity contribution is 9.11. The smallest absolute Gasteiger partial charge is 0.248 e. The second-order valence-corrected chi connectivity index (χ2v) is 8.97. The first-order valence-corrected chi connectivity index (χ1v) is 9.05. The van der Waals surface area contributed by atoms with Crippen molar-refractivity contribution in [1.29, 1.82) is 0 Å². The lowest BCUT2D eigenvalue weighted by molar-refractivity contribution is 0.568. The van der Waals surface area contributed by atoms with Gasteiger partial charge in [-0.15, -0.1) is 22.7 Å². The van der Waals surface area contributed by atoms with Crippen molar-refractivity contribution in [1.82, 2.24) is 9.71 Å². The van der Waals surface area contributed by atoms with E-state index in [4.69, 9.17) is 0 Å². The zero-order valence-electron chi connectivity index (χ0n) is 9.68. The van der Waals surface area contributed by atoms with Gasteiger partial charge < -0.3 is 0 Å². The largest absolute Gasteiger partial charge is 0.250 e. The third-order valence-electron chi connectivity index (χ3n) is 2.25. The Morgan fingerprint density at radius 2 is 2.22 bits per heavy atom. The van der Waals surface area contributed by atoms with Gasteiger partial charge in [0.1, 0.15) is 9.22 Å². The van der Waals surface area contributed by atoms with Gasteiger partial charge in [-0.2, -0.15) is 0 Å². The molecular weight excluding hydrogens is 356 g/mol. The van der Waals surface area contributed by atoms with Gasteiger partial charge in [-0.3, -0.25) is 0 Å². The number of hydrogen-bond acceptors (Lipinski definition) is 5. The first-order chi connectivity index (χ1) is 8.40. The number of rotatable bonds is 4. The van der Waals surface area contributed by atoms with E-state index in [0.29, 0.717) is 4.21 Å². The van der Waals surface area contributed by atoms with E-state index in [1.54, 1.807) is 19.2 Å². The maximum Gasteiger partial charge on any atom is 0.250 e. The fourth-order valence-electron chi connectivity index (χ4n) is 1.35. The Hall–Kier alpha value is -0.280. The molecule has 0 fully saturated rings. The zero-order chi connectivity index (χ0) is 13.3. The molecule has 1 N–H and O–H groups in total. The minimum atomic E-state index is -3.48. The monoisotopic (exact) mass is 366 g/mol. The zero-order valence-corrected chi connectivity index (χ0v) is 13.7. The summed E-state index contributed by atoms with van der Waals surface area (Å²) in [5.41, 5.74) is 0.919. The predicted molar refractivity (Wildman–Crippen MR) is 77.6 cm³/mol. The molecule has 1 atom stereocenters. The van der Waals surface area contributed by atoms with Crippen LogP contribution in [0.3, 0.4) is 0 Å². The average molecular weight is 367 g/mol. The van der Waals surface area contributed by atoms with Crippen LogP contribution in [0.1, 0.15) is 23.5 Å². The molecule has 2 aromatic rings. The van der Waals surface area contributed by atoms with E-state index < -0.39 is 10.0 Å². The van der Waals surface area contributed by atoms with E-state index in [9.17, 15) is 8.42 Å². The van der Waals surface area contributed by atoms with Crippen LogP contribution in [0.5, 0.6) is 0 Å². The van der Waals surface area contributed by atoms with Gasteiger partial charge in [-0.05, 0) is 41.4 Å². The summed E-state index contributed by atoms with van der Waals surface area (Å²) in [6.45, 7) is 3.65. The molecule has 2 aromatic heterocycles. The van der Waals surface area contributed by atoms with Crippen molar-refractivity contribution in [3.05, 3.63) is 32.0 Å². The number of thiazole rings is 1. The highest BCUT2D eigenvalue weighted by Crippen LogP contribution is 2.31. The SMILES string of the molecule is Cc1cc(S(=O)(=O)NC(C)c2nccs2)sc1Br. The number of nitrogens with one attached hydrogen (secondary N) is 1. The summed E-state index contributed by atoms with van der Waals surface area (Å²) in [7, 11) is -3.48.